The Hall–Kier alpha value is -2.20. The third-order valence-corrected chi connectivity index (χ3v) is 2.63. The molecule has 2 N–H and O–H groups in total. The van der Waals surface area contributed by atoms with Gasteiger partial charge < -0.3 is 5.73 Å². The maximum Gasteiger partial charge on any atom is 0.269 e. The second-order valence-electron chi connectivity index (χ2n) is 3.67. The van der Waals surface area contributed by atoms with Gasteiger partial charge in [-0.1, -0.05) is 24.3 Å². The quantitative estimate of drug-likeness (QED) is 0.648. The summed E-state index contributed by atoms with van der Waals surface area (Å²) in [5, 5.41) is 10.6. The van der Waals surface area contributed by atoms with Gasteiger partial charge in [0.15, 0.2) is 0 Å². The molecule has 2 aromatic carbocycles. The zero-order chi connectivity index (χ0) is 12.3. The third kappa shape index (κ3) is 2.32. The molecule has 0 radical (unpaired) electrons. The van der Waals surface area contributed by atoms with Gasteiger partial charge in [-0.2, -0.15) is 0 Å². The number of nitro benzene ring substituents is 1. The van der Waals surface area contributed by atoms with Crippen molar-refractivity contribution in [3.8, 4) is 11.1 Å². The smallest absolute Gasteiger partial charge is 0.269 e. The molecular formula is C13H12N2O2. The van der Waals surface area contributed by atoms with Crippen molar-refractivity contribution in [1.29, 1.82) is 0 Å². The summed E-state index contributed by atoms with van der Waals surface area (Å²) in [5.74, 6) is 0. The van der Waals surface area contributed by atoms with Gasteiger partial charge in [-0.05, 0) is 28.8 Å². The second-order valence-corrected chi connectivity index (χ2v) is 3.67. The Morgan fingerprint density at radius 1 is 1.06 bits per heavy atom. The van der Waals surface area contributed by atoms with E-state index in [0.29, 0.717) is 6.54 Å². The number of rotatable bonds is 3. The van der Waals surface area contributed by atoms with E-state index in [1.54, 1.807) is 12.1 Å². The molecule has 0 unspecified atom stereocenters. The number of non-ortho nitro benzene ring substituents is 1. The first-order valence-electron chi connectivity index (χ1n) is 5.25. The van der Waals surface area contributed by atoms with E-state index in [1.165, 1.54) is 12.1 Å². The van der Waals surface area contributed by atoms with E-state index in [-0.39, 0.29) is 5.69 Å². The van der Waals surface area contributed by atoms with Crippen molar-refractivity contribution in [3.63, 3.8) is 0 Å². The monoisotopic (exact) mass is 228 g/mol. The van der Waals surface area contributed by atoms with Crippen LogP contribution in [0.1, 0.15) is 5.56 Å². The van der Waals surface area contributed by atoms with Gasteiger partial charge in [0.05, 0.1) is 4.92 Å². The van der Waals surface area contributed by atoms with E-state index >= 15 is 0 Å². The molecule has 0 aliphatic heterocycles. The van der Waals surface area contributed by atoms with E-state index < -0.39 is 4.92 Å². The maximum atomic E-state index is 10.6. The molecule has 0 saturated carbocycles. The molecule has 2 aromatic rings. The summed E-state index contributed by atoms with van der Waals surface area (Å²) in [5.41, 5.74) is 8.74. The van der Waals surface area contributed by atoms with Crippen molar-refractivity contribution in [2.45, 2.75) is 6.54 Å². The van der Waals surface area contributed by atoms with Gasteiger partial charge in [-0.3, -0.25) is 10.1 Å². The zero-order valence-electron chi connectivity index (χ0n) is 9.17. The van der Waals surface area contributed by atoms with Gasteiger partial charge in [-0.15, -0.1) is 0 Å². The van der Waals surface area contributed by atoms with Crippen LogP contribution in [0, 0.1) is 10.1 Å². The van der Waals surface area contributed by atoms with Gasteiger partial charge in [0, 0.05) is 18.7 Å². The number of nitrogens with zero attached hydrogens (tertiary/aromatic N) is 1. The van der Waals surface area contributed by atoms with Crippen molar-refractivity contribution < 1.29 is 4.92 Å². The van der Waals surface area contributed by atoms with E-state index in [9.17, 15) is 10.1 Å². The van der Waals surface area contributed by atoms with Crippen molar-refractivity contribution >= 4 is 5.69 Å². The predicted molar refractivity (Wildman–Crippen MR) is 66.4 cm³/mol. The molecule has 0 aliphatic carbocycles. The summed E-state index contributed by atoms with van der Waals surface area (Å²) < 4.78 is 0. The summed E-state index contributed by atoms with van der Waals surface area (Å²) in [6.45, 7) is 0.452. The van der Waals surface area contributed by atoms with Crippen LogP contribution < -0.4 is 5.73 Å². The van der Waals surface area contributed by atoms with Crippen LogP contribution in [0.15, 0.2) is 48.5 Å². The topological polar surface area (TPSA) is 69.2 Å². The van der Waals surface area contributed by atoms with Gasteiger partial charge in [0.25, 0.3) is 5.69 Å². The molecule has 0 bridgehead atoms. The fourth-order valence-corrected chi connectivity index (χ4v) is 1.74. The largest absolute Gasteiger partial charge is 0.326 e. The van der Waals surface area contributed by atoms with Gasteiger partial charge in [-0.25, -0.2) is 0 Å². The maximum absolute atomic E-state index is 10.6. The van der Waals surface area contributed by atoms with E-state index in [0.717, 1.165) is 16.7 Å². The fourth-order valence-electron chi connectivity index (χ4n) is 1.74. The molecule has 0 saturated heterocycles. The lowest BCUT2D eigenvalue weighted by atomic mass is 10.00. The van der Waals surface area contributed by atoms with Gasteiger partial charge >= 0.3 is 0 Å². The first-order chi connectivity index (χ1) is 8.22. The Morgan fingerprint density at radius 2 is 1.71 bits per heavy atom. The molecule has 86 valence electrons. The molecule has 4 heteroatoms. The fraction of sp³-hybridized carbons (Fsp3) is 0.0769. The highest BCUT2D eigenvalue weighted by atomic mass is 16.6. The van der Waals surface area contributed by atoms with Crippen LogP contribution in [0.5, 0.6) is 0 Å². The van der Waals surface area contributed by atoms with Crippen LogP contribution in [0.25, 0.3) is 11.1 Å². The van der Waals surface area contributed by atoms with Crippen LogP contribution >= 0.6 is 0 Å². The first-order valence-corrected chi connectivity index (χ1v) is 5.25. The third-order valence-electron chi connectivity index (χ3n) is 2.63. The Kier molecular flexibility index (Phi) is 3.16. The Bertz CT molecular complexity index is 535. The Morgan fingerprint density at radius 3 is 2.29 bits per heavy atom. The molecule has 0 fully saturated rings. The minimum absolute atomic E-state index is 0.0963. The number of hydrogen-bond donors (Lipinski definition) is 1. The summed E-state index contributed by atoms with van der Waals surface area (Å²) in [7, 11) is 0. The first kappa shape index (κ1) is 11.3. The lowest BCUT2D eigenvalue weighted by Crippen LogP contribution is -1.98. The van der Waals surface area contributed by atoms with Crippen LogP contribution in [-0.4, -0.2) is 4.92 Å². The zero-order valence-corrected chi connectivity index (χ0v) is 9.17. The van der Waals surface area contributed by atoms with Gasteiger partial charge in [0.1, 0.15) is 0 Å². The summed E-state index contributed by atoms with van der Waals surface area (Å²) in [6, 6.07) is 14.3. The van der Waals surface area contributed by atoms with E-state index in [1.807, 2.05) is 24.3 Å². The molecule has 4 nitrogen and oxygen atoms in total. The SMILES string of the molecule is NCc1ccccc1-c1ccc([N+](=O)[O-])cc1. The summed E-state index contributed by atoms with van der Waals surface area (Å²) in [4.78, 5) is 10.2. The molecule has 0 aliphatic rings. The number of nitro groups is 1. The molecule has 2 rings (SSSR count). The highest BCUT2D eigenvalue weighted by molar-refractivity contribution is 5.68. The van der Waals surface area contributed by atoms with Crippen molar-refractivity contribution in [2.75, 3.05) is 0 Å². The highest BCUT2D eigenvalue weighted by Crippen LogP contribution is 2.25. The molecule has 0 amide bonds. The number of hydrogen-bond acceptors (Lipinski definition) is 3. The lowest BCUT2D eigenvalue weighted by Gasteiger charge is -2.07. The number of nitrogens with two attached hydrogens (primary N) is 1. The lowest BCUT2D eigenvalue weighted by molar-refractivity contribution is -0.384. The molecule has 0 atom stereocenters. The van der Waals surface area contributed by atoms with Gasteiger partial charge in [0.2, 0.25) is 0 Å². The minimum atomic E-state index is -0.404. The average Bonchev–Trinajstić information content (AvgIpc) is 2.39. The van der Waals surface area contributed by atoms with E-state index in [4.69, 9.17) is 5.73 Å². The average molecular weight is 228 g/mol. The molecule has 0 aromatic heterocycles. The summed E-state index contributed by atoms with van der Waals surface area (Å²) >= 11 is 0. The van der Waals surface area contributed by atoms with Crippen LogP contribution in [0.4, 0.5) is 5.69 Å². The minimum Gasteiger partial charge on any atom is -0.326 e. The van der Waals surface area contributed by atoms with Crippen molar-refractivity contribution in [2.24, 2.45) is 5.73 Å². The van der Waals surface area contributed by atoms with Crippen molar-refractivity contribution in [1.82, 2.24) is 0 Å². The standard InChI is InChI=1S/C13H12N2O2/c14-9-11-3-1-2-4-13(11)10-5-7-12(8-6-10)15(16)17/h1-8H,9,14H2. The molecular weight excluding hydrogens is 216 g/mol. The van der Waals surface area contributed by atoms with Crippen LogP contribution in [-0.2, 0) is 6.54 Å². The van der Waals surface area contributed by atoms with Crippen LogP contribution in [0.2, 0.25) is 0 Å². The molecule has 17 heavy (non-hydrogen) atoms. The molecule has 0 heterocycles. The Labute approximate surface area is 98.8 Å². The number of benzene rings is 2. The molecule has 0 spiro atoms. The highest BCUT2D eigenvalue weighted by Gasteiger charge is 2.07. The summed E-state index contributed by atoms with van der Waals surface area (Å²) in [6.07, 6.45) is 0. The van der Waals surface area contributed by atoms with E-state index in [2.05, 4.69) is 0 Å². The van der Waals surface area contributed by atoms with Crippen molar-refractivity contribution in [3.05, 3.63) is 64.2 Å². The second kappa shape index (κ2) is 4.76. The van der Waals surface area contributed by atoms with Crippen LogP contribution in [0.3, 0.4) is 0 Å². The normalized spacial score (nSPS) is 10.2. The Balaban J connectivity index is 2.43. The predicted octanol–water partition coefficient (Wildman–Crippen LogP) is 2.72.